The molecule has 0 aliphatic heterocycles. The predicted octanol–water partition coefficient (Wildman–Crippen LogP) is 2.95. The van der Waals surface area contributed by atoms with E-state index >= 15 is 0 Å². The number of carbonyl (C=O) groups excluding carboxylic acids is 1. The van der Waals surface area contributed by atoms with Gasteiger partial charge >= 0.3 is 5.97 Å². The number of carboxylic acid groups (broad SMARTS) is 1. The Bertz CT molecular complexity index is 778. The number of amides is 1. The number of hydrogen-bond donors (Lipinski definition) is 1. The summed E-state index contributed by atoms with van der Waals surface area (Å²) < 4.78 is 5.27. The molecule has 1 aromatic carbocycles. The number of benzene rings is 1. The molecule has 0 saturated carbocycles. The molecule has 0 radical (unpaired) electrons. The minimum absolute atomic E-state index is 0.0855. The van der Waals surface area contributed by atoms with E-state index in [1.807, 2.05) is 20.8 Å². The van der Waals surface area contributed by atoms with Crippen LogP contribution >= 0.6 is 0 Å². The quantitative estimate of drug-likeness (QED) is 0.941. The monoisotopic (exact) mass is 316 g/mol. The van der Waals surface area contributed by atoms with Crippen LogP contribution in [0, 0.1) is 5.41 Å². The van der Waals surface area contributed by atoms with Crippen LogP contribution in [0.25, 0.3) is 10.9 Å². The van der Waals surface area contributed by atoms with Gasteiger partial charge in [0.1, 0.15) is 17.1 Å². The molecule has 0 spiro atoms. The number of nitrogens with zero attached hydrogens (tertiary/aromatic N) is 2. The maximum absolute atomic E-state index is 12.4. The number of rotatable bonds is 3. The fourth-order valence-electron chi connectivity index (χ4n) is 2.33. The first-order chi connectivity index (χ1) is 10.7. The number of pyridine rings is 1. The molecule has 122 valence electrons. The molecule has 0 aliphatic rings. The van der Waals surface area contributed by atoms with Crippen molar-refractivity contribution < 1.29 is 19.4 Å². The van der Waals surface area contributed by atoms with Gasteiger partial charge in [0, 0.05) is 17.8 Å². The number of methoxy groups -OCH3 is 1. The van der Waals surface area contributed by atoms with Gasteiger partial charge in [0.15, 0.2) is 0 Å². The van der Waals surface area contributed by atoms with Crippen LogP contribution < -0.4 is 9.64 Å². The third-order valence-corrected chi connectivity index (χ3v) is 3.55. The van der Waals surface area contributed by atoms with Crippen LogP contribution in [-0.4, -0.2) is 36.1 Å². The van der Waals surface area contributed by atoms with Gasteiger partial charge in [-0.3, -0.25) is 9.69 Å². The lowest BCUT2D eigenvalue weighted by Crippen LogP contribution is -2.37. The zero-order valence-corrected chi connectivity index (χ0v) is 13.9. The van der Waals surface area contributed by atoms with Gasteiger partial charge in [0.05, 0.1) is 12.7 Å². The van der Waals surface area contributed by atoms with Crippen molar-refractivity contribution in [1.82, 2.24) is 4.98 Å². The molecule has 1 N–H and O–H groups in total. The molecule has 1 heterocycles. The van der Waals surface area contributed by atoms with Crippen molar-refractivity contribution in [3.8, 4) is 5.75 Å². The Balaban J connectivity index is 2.62. The molecule has 2 rings (SSSR count). The first-order valence-electron chi connectivity index (χ1n) is 7.16. The minimum Gasteiger partial charge on any atom is -0.494 e. The summed E-state index contributed by atoms with van der Waals surface area (Å²) in [6, 6.07) is 6.33. The molecule has 1 aromatic heterocycles. The smallest absolute Gasteiger partial charge is 0.336 e. The fraction of sp³-hybridized carbons (Fsp3) is 0.353. The van der Waals surface area contributed by atoms with E-state index in [-0.39, 0.29) is 11.5 Å². The highest BCUT2D eigenvalue weighted by Crippen LogP contribution is 2.30. The number of ether oxygens (including phenoxy) is 1. The zero-order chi connectivity index (χ0) is 17.4. The number of hydrogen-bond acceptors (Lipinski definition) is 4. The molecule has 6 nitrogen and oxygen atoms in total. The highest BCUT2D eigenvalue weighted by atomic mass is 16.5. The number of fused-ring (bicyclic) bond motifs is 1. The number of anilines is 1. The molecule has 0 atom stereocenters. The molecule has 0 saturated heterocycles. The molecule has 23 heavy (non-hydrogen) atoms. The lowest BCUT2D eigenvalue weighted by atomic mass is 9.95. The van der Waals surface area contributed by atoms with Crippen molar-refractivity contribution in [3.63, 3.8) is 0 Å². The summed E-state index contributed by atoms with van der Waals surface area (Å²) in [5.74, 6) is -0.217. The van der Waals surface area contributed by atoms with Crippen molar-refractivity contribution in [1.29, 1.82) is 0 Å². The van der Waals surface area contributed by atoms with Gasteiger partial charge in [0.25, 0.3) is 0 Å². The Morgan fingerprint density at radius 2 is 1.83 bits per heavy atom. The lowest BCUT2D eigenvalue weighted by Gasteiger charge is -2.25. The highest BCUT2D eigenvalue weighted by Gasteiger charge is 2.27. The predicted molar refractivity (Wildman–Crippen MR) is 88.1 cm³/mol. The van der Waals surface area contributed by atoms with E-state index in [0.717, 1.165) is 0 Å². The van der Waals surface area contributed by atoms with E-state index in [1.165, 1.54) is 18.1 Å². The van der Waals surface area contributed by atoms with E-state index in [4.69, 9.17) is 4.74 Å². The largest absolute Gasteiger partial charge is 0.494 e. The first-order valence-corrected chi connectivity index (χ1v) is 7.16. The van der Waals surface area contributed by atoms with Crippen LogP contribution in [-0.2, 0) is 4.79 Å². The minimum atomic E-state index is -1.04. The van der Waals surface area contributed by atoms with Crippen LogP contribution in [0.3, 0.4) is 0 Å². The summed E-state index contributed by atoms with van der Waals surface area (Å²) in [7, 11) is 3.14. The third-order valence-electron chi connectivity index (χ3n) is 3.55. The van der Waals surface area contributed by atoms with Gasteiger partial charge in [-0.2, -0.15) is 0 Å². The van der Waals surface area contributed by atoms with Crippen molar-refractivity contribution in [2.75, 3.05) is 19.1 Å². The van der Waals surface area contributed by atoms with E-state index in [9.17, 15) is 14.7 Å². The third kappa shape index (κ3) is 3.11. The maximum atomic E-state index is 12.4. The Kier molecular flexibility index (Phi) is 4.27. The molecule has 0 unspecified atom stereocenters. The van der Waals surface area contributed by atoms with Crippen LogP contribution in [0.15, 0.2) is 24.3 Å². The van der Waals surface area contributed by atoms with Gasteiger partial charge in [-0.1, -0.05) is 20.8 Å². The highest BCUT2D eigenvalue weighted by molar-refractivity contribution is 6.05. The Labute approximate surface area is 134 Å². The average molecular weight is 316 g/mol. The van der Waals surface area contributed by atoms with Crippen molar-refractivity contribution >= 4 is 28.6 Å². The molecular formula is C17H20N2O4. The second-order valence-electron chi connectivity index (χ2n) is 6.30. The van der Waals surface area contributed by atoms with Crippen LogP contribution in [0.5, 0.6) is 5.75 Å². The van der Waals surface area contributed by atoms with Gasteiger partial charge < -0.3 is 9.84 Å². The number of carbonyl (C=O) groups is 2. The summed E-state index contributed by atoms with van der Waals surface area (Å²) in [6.07, 6.45) is 0. The van der Waals surface area contributed by atoms with E-state index in [0.29, 0.717) is 22.5 Å². The summed E-state index contributed by atoms with van der Waals surface area (Å²) in [5, 5.41) is 9.76. The van der Waals surface area contributed by atoms with Gasteiger partial charge in [-0.05, 0) is 24.3 Å². The van der Waals surface area contributed by atoms with Crippen molar-refractivity contribution in [2.24, 2.45) is 5.41 Å². The van der Waals surface area contributed by atoms with E-state index in [1.54, 1.807) is 25.2 Å². The molecular weight excluding hydrogens is 296 g/mol. The Morgan fingerprint density at radius 3 is 2.35 bits per heavy atom. The van der Waals surface area contributed by atoms with Gasteiger partial charge in [0.2, 0.25) is 5.91 Å². The van der Waals surface area contributed by atoms with Gasteiger partial charge in [-0.15, -0.1) is 0 Å². The number of aromatic nitrogens is 1. The fourth-order valence-corrected chi connectivity index (χ4v) is 2.33. The first kappa shape index (κ1) is 16.7. The second-order valence-corrected chi connectivity index (χ2v) is 6.30. The molecule has 1 amide bonds. The Morgan fingerprint density at radius 1 is 1.17 bits per heavy atom. The van der Waals surface area contributed by atoms with Crippen molar-refractivity contribution in [2.45, 2.75) is 20.8 Å². The van der Waals surface area contributed by atoms with Crippen LogP contribution in [0.4, 0.5) is 5.82 Å². The zero-order valence-electron chi connectivity index (χ0n) is 13.9. The maximum Gasteiger partial charge on any atom is 0.336 e. The SMILES string of the molecule is COc1ccc(C(=O)O)c2ccc(N(C)C(=O)C(C)(C)C)nc12. The average Bonchev–Trinajstić information content (AvgIpc) is 2.50. The van der Waals surface area contributed by atoms with Crippen molar-refractivity contribution in [3.05, 3.63) is 29.8 Å². The van der Waals surface area contributed by atoms with E-state index < -0.39 is 11.4 Å². The molecule has 2 aromatic rings. The molecule has 0 bridgehead atoms. The summed E-state index contributed by atoms with van der Waals surface area (Å²) in [6.45, 7) is 5.49. The van der Waals surface area contributed by atoms with Crippen LogP contribution in [0.2, 0.25) is 0 Å². The van der Waals surface area contributed by atoms with Gasteiger partial charge in [-0.25, -0.2) is 9.78 Å². The molecule has 0 aliphatic carbocycles. The second kappa shape index (κ2) is 5.87. The summed E-state index contributed by atoms with van der Waals surface area (Å²) >= 11 is 0. The standard InChI is InChI=1S/C17H20N2O4/c1-17(2,3)16(22)19(4)13-9-7-10-11(15(20)21)6-8-12(23-5)14(10)18-13/h6-9H,1-5H3,(H,20,21). The summed E-state index contributed by atoms with van der Waals surface area (Å²) in [4.78, 5) is 29.6. The number of carboxylic acids is 1. The number of aromatic carboxylic acids is 1. The summed E-state index contributed by atoms with van der Waals surface area (Å²) in [5.41, 5.74) is 0.0152. The molecule has 6 heteroatoms. The normalized spacial score (nSPS) is 11.3. The Hall–Kier alpha value is -2.63. The lowest BCUT2D eigenvalue weighted by molar-refractivity contribution is -0.125. The van der Waals surface area contributed by atoms with Crippen LogP contribution in [0.1, 0.15) is 31.1 Å². The topological polar surface area (TPSA) is 79.7 Å². The molecule has 0 fully saturated rings. The van der Waals surface area contributed by atoms with E-state index in [2.05, 4.69) is 4.98 Å².